The second-order valence-electron chi connectivity index (χ2n) is 11.1. The standard InChI is InChI=1S/C30H39ClN2O4SSi/c1-29(2,3)38(34)33-26(25-19-21-32-28(31)27(25)37-22-36-6)18-13-20-30(4,5)39(35,23-14-9-7-10-15-23)24-16-11-8-12-17-24/h7-12,14-17,19,21,35H,13,18,20,22H2,1-6H3. The van der Waals surface area contributed by atoms with E-state index in [2.05, 4.69) is 23.2 Å². The van der Waals surface area contributed by atoms with Gasteiger partial charge < -0.3 is 18.8 Å². The Morgan fingerprint density at radius 1 is 1.00 bits per heavy atom. The van der Waals surface area contributed by atoms with Gasteiger partial charge in [-0.25, -0.2) is 4.98 Å². The third-order valence-corrected chi connectivity index (χ3v) is 13.0. The Morgan fingerprint density at radius 2 is 1.56 bits per heavy atom. The summed E-state index contributed by atoms with van der Waals surface area (Å²) in [6, 6.07) is 21.7. The molecule has 0 saturated carbocycles. The van der Waals surface area contributed by atoms with Crippen LogP contribution in [0.25, 0.3) is 0 Å². The maximum absolute atomic E-state index is 13.1. The predicted octanol–water partition coefficient (Wildman–Crippen LogP) is 5.67. The maximum atomic E-state index is 13.1. The van der Waals surface area contributed by atoms with Crippen LogP contribution in [0, 0.1) is 0 Å². The molecule has 0 fully saturated rings. The third-order valence-electron chi connectivity index (χ3n) is 6.79. The van der Waals surface area contributed by atoms with E-state index in [4.69, 9.17) is 21.1 Å². The Bertz CT molecular complexity index is 1200. The fourth-order valence-corrected chi connectivity index (χ4v) is 9.22. The number of methoxy groups -OCH3 is 1. The molecule has 2 aromatic carbocycles. The summed E-state index contributed by atoms with van der Waals surface area (Å²) in [5.41, 5.74) is 1.26. The van der Waals surface area contributed by atoms with Gasteiger partial charge in [0, 0.05) is 18.9 Å². The molecule has 0 aliphatic rings. The van der Waals surface area contributed by atoms with Crippen molar-refractivity contribution >= 4 is 47.4 Å². The van der Waals surface area contributed by atoms with Crippen LogP contribution in [0.15, 0.2) is 77.3 Å². The van der Waals surface area contributed by atoms with E-state index >= 15 is 0 Å². The molecule has 0 radical (unpaired) electrons. The van der Waals surface area contributed by atoms with Crippen LogP contribution >= 0.6 is 11.6 Å². The van der Waals surface area contributed by atoms with E-state index in [0.29, 0.717) is 36.3 Å². The largest absolute Gasteiger partial charge is 0.591 e. The first-order valence-corrected chi connectivity index (χ1v) is 16.4. The highest BCUT2D eigenvalue weighted by atomic mass is 35.5. The van der Waals surface area contributed by atoms with Crippen molar-refractivity contribution in [3.05, 3.63) is 83.6 Å². The fraction of sp³-hybridized carbons (Fsp3) is 0.400. The van der Waals surface area contributed by atoms with Crippen LogP contribution in [0.5, 0.6) is 5.75 Å². The van der Waals surface area contributed by atoms with Gasteiger partial charge in [-0.3, -0.25) is 0 Å². The van der Waals surface area contributed by atoms with Crippen LogP contribution < -0.4 is 15.1 Å². The quantitative estimate of drug-likeness (QED) is 0.0971. The molecule has 0 bridgehead atoms. The molecule has 3 rings (SSSR count). The van der Waals surface area contributed by atoms with E-state index in [1.165, 1.54) is 7.11 Å². The molecule has 210 valence electrons. The van der Waals surface area contributed by atoms with Gasteiger partial charge in [0.05, 0.1) is 0 Å². The lowest BCUT2D eigenvalue weighted by Gasteiger charge is -2.41. The molecule has 0 spiro atoms. The van der Waals surface area contributed by atoms with Crippen molar-refractivity contribution in [1.29, 1.82) is 0 Å². The molecular weight excluding hydrogens is 548 g/mol. The van der Waals surface area contributed by atoms with Gasteiger partial charge in [0.15, 0.2) is 17.7 Å². The lowest BCUT2D eigenvalue weighted by atomic mass is 10.00. The molecule has 1 aromatic heterocycles. The van der Waals surface area contributed by atoms with Gasteiger partial charge in [0.25, 0.3) is 8.32 Å². The Hall–Kier alpha value is -2.20. The van der Waals surface area contributed by atoms with Crippen LogP contribution in [0.2, 0.25) is 10.2 Å². The van der Waals surface area contributed by atoms with Gasteiger partial charge in [-0.15, -0.1) is 0 Å². The highest BCUT2D eigenvalue weighted by Gasteiger charge is 2.49. The highest BCUT2D eigenvalue weighted by Crippen LogP contribution is 2.41. The molecule has 1 unspecified atom stereocenters. The number of ether oxygens (including phenoxy) is 2. The minimum atomic E-state index is -3.15. The van der Waals surface area contributed by atoms with Gasteiger partial charge in [0.2, 0.25) is 0 Å². The van der Waals surface area contributed by atoms with Gasteiger partial charge in [-0.1, -0.05) is 90.5 Å². The number of rotatable bonds is 12. The molecule has 0 aliphatic heterocycles. The minimum Gasteiger partial charge on any atom is -0.591 e. The van der Waals surface area contributed by atoms with Crippen molar-refractivity contribution in [2.45, 2.75) is 63.7 Å². The fourth-order valence-electron chi connectivity index (χ4n) is 4.56. The molecule has 0 aliphatic carbocycles. The number of halogens is 1. The van der Waals surface area contributed by atoms with Crippen molar-refractivity contribution in [2.75, 3.05) is 13.9 Å². The second kappa shape index (κ2) is 13.4. The number of aromatic nitrogens is 1. The summed E-state index contributed by atoms with van der Waals surface area (Å²) in [4.78, 5) is 16.6. The van der Waals surface area contributed by atoms with Gasteiger partial charge in [0.1, 0.15) is 21.8 Å². The van der Waals surface area contributed by atoms with Crippen LogP contribution in [0.4, 0.5) is 0 Å². The summed E-state index contributed by atoms with van der Waals surface area (Å²) in [7, 11) is -1.62. The highest BCUT2D eigenvalue weighted by molar-refractivity contribution is 7.91. The molecular formula is C30H39ClN2O4SSi. The Morgan fingerprint density at radius 3 is 2.08 bits per heavy atom. The third kappa shape index (κ3) is 7.51. The van der Waals surface area contributed by atoms with Crippen molar-refractivity contribution in [1.82, 2.24) is 4.98 Å². The number of hydrogen-bond donors (Lipinski definition) is 1. The molecule has 3 aromatic rings. The van der Waals surface area contributed by atoms with Crippen LogP contribution in [-0.4, -0.2) is 47.0 Å². The van der Waals surface area contributed by atoms with Gasteiger partial charge >= 0.3 is 0 Å². The number of hydrogen-bond acceptors (Lipinski definition) is 6. The molecule has 1 heterocycles. The van der Waals surface area contributed by atoms with Crippen LogP contribution in [0.3, 0.4) is 0 Å². The molecule has 6 nitrogen and oxygen atoms in total. The summed E-state index contributed by atoms with van der Waals surface area (Å²) >= 11 is 4.90. The van der Waals surface area contributed by atoms with Crippen molar-refractivity contribution in [2.24, 2.45) is 4.40 Å². The topological polar surface area (TPSA) is 87.0 Å². The number of nitrogens with zero attached hydrogens (tertiary/aromatic N) is 2. The summed E-state index contributed by atoms with van der Waals surface area (Å²) in [6.07, 6.45) is 3.52. The monoisotopic (exact) mass is 586 g/mol. The summed E-state index contributed by atoms with van der Waals surface area (Å²) in [5.74, 6) is 0.351. The maximum Gasteiger partial charge on any atom is 0.258 e. The summed E-state index contributed by atoms with van der Waals surface area (Å²) in [5, 5.41) is 1.71. The lowest BCUT2D eigenvalue weighted by Crippen LogP contribution is -2.65. The van der Waals surface area contributed by atoms with Gasteiger partial charge in [-0.05, 0) is 61.5 Å². The van der Waals surface area contributed by atoms with E-state index < -0.39 is 29.5 Å². The van der Waals surface area contributed by atoms with E-state index in [1.807, 2.05) is 81.4 Å². The molecule has 1 N–H and O–H groups in total. The predicted molar refractivity (Wildman–Crippen MR) is 164 cm³/mol. The van der Waals surface area contributed by atoms with E-state index in [0.717, 1.165) is 10.4 Å². The molecule has 9 heteroatoms. The zero-order valence-corrected chi connectivity index (χ0v) is 26.2. The Balaban J connectivity index is 1.96. The summed E-state index contributed by atoms with van der Waals surface area (Å²) < 4.78 is 28.1. The molecule has 0 saturated heterocycles. The SMILES string of the molecule is COCOc1c(C(CCCC(C)(C)[Si](O)(c2ccccc2)c2ccccc2)=N[S+]([O-])C(C)(C)C)ccnc1Cl. The number of benzene rings is 2. The first kappa shape index (κ1) is 31.3. The normalized spacial score (nSPS) is 13.8. The first-order chi connectivity index (χ1) is 18.4. The van der Waals surface area contributed by atoms with Crippen molar-refractivity contribution in [3.63, 3.8) is 0 Å². The zero-order chi connectivity index (χ0) is 28.7. The van der Waals surface area contributed by atoms with E-state index in [-0.39, 0.29) is 11.9 Å². The van der Waals surface area contributed by atoms with Gasteiger partial charge in [-0.2, -0.15) is 0 Å². The molecule has 0 amide bonds. The Labute approximate surface area is 241 Å². The smallest absolute Gasteiger partial charge is 0.258 e. The van der Waals surface area contributed by atoms with Crippen LogP contribution in [0.1, 0.15) is 59.4 Å². The average molecular weight is 587 g/mol. The Kier molecular flexibility index (Phi) is 10.8. The second-order valence-corrected chi connectivity index (χ2v) is 17.3. The minimum absolute atomic E-state index is 0.00608. The van der Waals surface area contributed by atoms with Crippen LogP contribution in [-0.2, 0) is 16.1 Å². The zero-order valence-electron chi connectivity index (χ0n) is 23.6. The lowest BCUT2D eigenvalue weighted by molar-refractivity contribution is 0.0508. The van der Waals surface area contributed by atoms with E-state index in [9.17, 15) is 9.35 Å². The van der Waals surface area contributed by atoms with Crippen molar-refractivity contribution < 1.29 is 18.8 Å². The number of pyridine rings is 1. The van der Waals surface area contributed by atoms with Crippen molar-refractivity contribution in [3.8, 4) is 5.75 Å². The summed E-state index contributed by atoms with van der Waals surface area (Å²) in [6.45, 7) is 9.94. The molecule has 39 heavy (non-hydrogen) atoms. The average Bonchev–Trinajstić information content (AvgIpc) is 2.91. The van der Waals surface area contributed by atoms with E-state index in [1.54, 1.807) is 12.3 Å². The first-order valence-electron chi connectivity index (χ1n) is 13.0. The molecule has 1 atom stereocenters.